The van der Waals surface area contributed by atoms with E-state index in [1.807, 2.05) is 54.6 Å². The van der Waals surface area contributed by atoms with Gasteiger partial charge in [-0.25, -0.2) is 0 Å². The number of hydrogen-bond donors (Lipinski definition) is 2. The molecule has 4 atom stereocenters. The van der Waals surface area contributed by atoms with Crippen LogP contribution in [0.2, 0.25) is 0 Å². The van der Waals surface area contributed by atoms with E-state index >= 15 is 0 Å². The zero-order valence-corrected chi connectivity index (χ0v) is 15.3. The Bertz CT molecular complexity index is 973. The maximum atomic E-state index is 13.5. The Hall–Kier alpha value is -2.76. The molecule has 5 rings (SSSR count). The summed E-state index contributed by atoms with van der Waals surface area (Å²) in [5.41, 5.74) is -1.62. The van der Waals surface area contributed by atoms with Gasteiger partial charge < -0.3 is 15.2 Å². The van der Waals surface area contributed by atoms with Crippen LogP contribution in [0.5, 0.6) is 0 Å². The molecule has 2 aliphatic heterocycles. The zero-order chi connectivity index (χ0) is 19.4. The number of carbonyl (C=O) groups excluding carboxylic acids is 2. The minimum atomic E-state index is -1.14. The number of aliphatic hydroxyl groups is 1. The highest BCUT2D eigenvalue weighted by atomic mass is 16.5. The molecular weight excluding hydrogens is 354 g/mol. The van der Waals surface area contributed by atoms with Crippen LogP contribution in [0.15, 0.2) is 72.8 Å². The Morgan fingerprint density at radius 2 is 1.75 bits per heavy atom. The van der Waals surface area contributed by atoms with E-state index in [1.54, 1.807) is 18.2 Å². The maximum Gasteiger partial charge on any atom is 0.231 e. The molecule has 0 spiro atoms. The first-order chi connectivity index (χ1) is 13.6. The summed E-state index contributed by atoms with van der Waals surface area (Å²) in [5.74, 6) is -0.325. The molecule has 5 heteroatoms. The molecule has 2 aromatic rings. The number of ketones is 1. The van der Waals surface area contributed by atoms with Crippen LogP contribution < -0.4 is 5.32 Å². The summed E-state index contributed by atoms with van der Waals surface area (Å²) in [6.45, 7) is 0.0372. The fraction of sp³-hybridized carbons (Fsp3) is 0.304. The molecule has 0 unspecified atom stereocenters. The Morgan fingerprint density at radius 1 is 1.07 bits per heavy atom. The number of amides is 1. The highest BCUT2D eigenvalue weighted by molar-refractivity contribution is 6.11. The van der Waals surface area contributed by atoms with E-state index in [4.69, 9.17) is 4.74 Å². The summed E-state index contributed by atoms with van der Waals surface area (Å²) in [4.78, 5) is 26.9. The van der Waals surface area contributed by atoms with Gasteiger partial charge in [-0.15, -0.1) is 0 Å². The predicted molar refractivity (Wildman–Crippen MR) is 102 cm³/mol. The molecule has 0 radical (unpaired) electrons. The topological polar surface area (TPSA) is 75.6 Å². The van der Waals surface area contributed by atoms with Gasteiger partial charge in [-0.1, -0.05) is 72.8 Å². The summed E-state index contributed by atoms with van der Waals surface area (Å²) in [6.07, 6.45) is 3.48. The lowest BCUT2D eigenvalue weighted by atomic mass is 9.72. The molecule has 1 aliphatic carbocycles. The molecule has 2 aromatic carbocycles. The Balaban J connectivity index is 1.50. The fourth-order valence-electron chi connectivity index (χ4n) is 5.18. The SMILES string of the molecule is O=C(NCc1ccccc1)[C@]12C[C@@]1(C(=O)c1ccccc1)[C@H]1C=C[C@]2(CO)O1. The molecule has 5 nitrogen and oxygen atoms in total. The molecule has 1 amide bonds. The highest BCUT2D eigenvalue weighted by Gasteiger charge is 2.91. The van der Waals surface area contributed by atoms with Gasteiger partial charge in [0.25, 0.3) is 0 Å². The summed E-state index contributed by atoms with van der Waals surface area (Å²) < 4.78 is 6.05. The van der Waals surface area contributed by atoms with Crippen LogP contribution in [-0.2, 0) is 16.1 Å². The number of carbonyl (C=O) groups is 2. The van der Waals surface area contributed by atoms with E-state index in [9.17, 15) is 14.7 Å². The van der Waals surface area contributed by atoms with E-state index in [0.29, 0.717) is 18.5 Å². The highest BCUT2D eigenvalue weighted by Crippen LogP contribution is 2.80. The van der Waals surface area contributed by atoms with E-state index in [2.05, 4.69) is 5.32 Å². The number of hydrogen-bond acceptors (Lipinski definition) is 4. The van der Waals surface area contributed by atoms with Crippen molar-refractivity contribution in [2.24, 2.45) is 10.8 Å². The van der Waals surface area contributed by atoms with Crippen molar-refractivity contribution in [2.75, 3.05) is 6.61 Å². The smallest absolute Gasteiger partial charge is 0.231 e. The van der Waals surface area contributed by atoms with Crippen molar-refractivity contribution in [2.45, 2.75) is 24.7 Å². The fourth-order valence-corrected chi connectivity index (χ4v) is 5.18. The van der Waals surface area contributed by atoms with Gasteiger partial charge in [0.1, 0.15) is 11.0 Å². The number of Topliss-reactive ketones (excluding diaryl/α,β-unsaturated/α-hetero) is 1. The summed E-state index contributed by atoms with van der Waals surface area (Å²) in [6, 6.07) is 18.6. The molecule has 2 N–H and O–H groups in total. The van der Waals surface area contributed by atoms with Crippen molar-refractivity contribution in [3.63, 3.8) is 0 Å². The Labute approximate surface area is 163 Å². The van der Waals surface area contributed by atoms with Gasteiger partial charge in [0.15, 0.2) is 5.78 Å². The Morgan fingerprint density at radius 3 is 2.43 bits per heavy atom. The standard InChI is InChI=1S/C23H21NO4/c25-15-21-12-11-18(28-21)22(19(26)17-9-5-2-6-10-17)14-23(21,22)20(27)24-13-16-7-3-1-4-8-16/h1-12,18,25H,13-15H2,(H,24,27)/t18-,21-,22+,23+/m1/s1. The van der Waals surface area contributed by atoms with Crippen molar-refractivity contribution < 1.29 is 19.4 Å². The first-order valence-corrected chi connectivity index (χ1v) is 9.50. The van der Waals surface area contributed by atoms with Crippen LogP contribution in [0.4, 0.5) is 0 Å². The molecule has 28 heavy (non-hydrogen) atoms. The molecule has 1 saturated heterocycles. The van der Waals surface area contributed by atoms with Crippen LogP contribution in [-0.4, -0.2) is 35.1 Å². The van der Waals surface area contributed by atoms with Gasteiger partial charge in [0.2, 0.25) is 5.91 Å². The summed E-state index contributed by atoms with van der Waals surface area (Å²) >= 11 is 0. The molecule has 142 valence electrons. The van der Waals surface area contributed by atoms with Gasteiger partial charge in [-0.2, -0.15) is 0 Å². The third-order valence-corrected chi connectivity index (χ3v) is 6.63. The lowest BCUT2D eigenvalue weighted by molar-refractivity contribution is -0.136. The average molecular weight is 375 g/mol. The van der Waals surface area contributed by atoms with Gasteiger partial charge in [0.05, 0.1) is 18.1 Å². The first kappa shape index (κ1) is 17.3. The number of benzene rings is 2. The average Bonchev–Trinajstić information content (AvgIpc) is 3.24. The van der Waals surface area contributed by atoms with Crippen LogP contribution in [0.1, 0.15) is 22.3 Å². The number of ether oxygens (including phenoxy) is 1. The summed E-state index contributed by atoms with van der Waals surface area (Å²) in [7, 11) is 0. The van der Waals surface area contributed by atoms with Crippen molar-refractivity contribution in [1.82, 2.24) is 5.32 Å². The number of aliphatic hydroxyl groups excluding tert-OH is 1. The van der Waals surface area contributed by atoms with Crippen molar-refractivity contribution >= 4 is 11.7 Å². The second kappa shape index (κ2) is 5.87. The zero-order valence-electron chi connectivity index (χ0n) is 15.3. The summed E-state index contributed by atoms with van der Waals surface area (Å²) in [5, 5.41) is 13.1. The molecular formula is C23H21NO4. The van der Waals surface area contributed by atoms with Crippen LogP contribution in [0, 0.1) is 10.8 Å². The molecule has 2 bridgehead atoms. The largest absolute Gasteiger partial charge is 0.393 e. The second-order valence-corrected chi connectivity index (χ2v) is 7.86. The Kier molecular flexibility index (Phi) is 3.63. The maximum absolute atomic E-state index is 13.5. The van der Waals surface area contributed by atoms with E-state index in [0.717, 1.165) is 5.56 Å². The molecule has 1 saturated carbocycles. The third-order valence-electron chi connectivity index (χ3n) is 6.63. The van der Waals surface area contributed by atoms with Crippen molar-refractivity contribution in [3.8, 4) is 0 Å². The minimum absolute atomic E-state index is 0.0902. The van der Waals surface area contributed by atoms with Crippen LogP contribution in [0.3, 0.4) is 0 Å². The molecule has 3 aliphatic rings. The van der Waals surface area contributed by atoms with Gasteiger partial charge in [-0.3, -0.25) is 9.59 Å². The normalized spacial score (nSPS) is 34.1. The van der Waals surface area contributed by atoms with Gasteiger partial charge in [0, 0.05) is 12.1 Å². The van der Waals surface area contributed by atoms with Crippen LogP contribution >= 0.6 is 0 Å². The van der Waals surface area contributed by atoms with E-state index < -0.39 is 22.5 Å². The number of fused-ring (bicyclic) bond motifs is 5. The lowest BCUT2D eigenvalue weighted by Gasteiger charge is -2.31. The van der Waals surface area contributed by atoms with Gasteiger partial charge >= 0.3 is 0 Å². The van der Waals surface area contributed by atoms with Crippen LogP contribution in [0.25, 0.3) is 0 Å². The van der Waals surface area contributed by atoms with E-state index in [-0.39, 0.29) is 18.3 Å². The third kappa shape index (κ3) is 1.98. The predicted octanol–water partition coefficient (Wildman–Crippen LogP) is 2.26. The quantitative estimate of drug-likeness (QED) is 0.600. The lowest BCUT2D eigenvalue weighted by Crippen LogP contribution is -2.51. The monoisotopic (exact) mass is 375 g/mol. The number of nitrogens with one attached hydrogen (secondary N) is 1. The van der Waals surface area contributed by atoms with E-state index in [1.165, 1.54) is 0 Å². The molecule has 0 aromatic heterocycles. The van der Waals surface area contributed by atoms with Crippen molar-refractivity contribution in [3.05, 3.63) is 83.9 Å². The number of rotatable bonds is 6. The van der Waals surface area contributed by atoms with Crippen molar-refractivity contribution in [1.29, 1.82) is 0 Å². The molecule has 2 fully saturated rings. The molecule has 2 heterocycles. The first-order valence-electron chi connectivity index (χ1n) is 9.50. The second-order valence-electron chi connectivity index (χ2n) is 7.86. The minimum Gasteiger partial charge on any atom is -0.393 e. The van der Waals surface area contributed by atoms with Gasteiger partial charge in [-0.05, 0) is 12.0 Å².